The van der Waals surface area contributed by atoms with Gasteiger partial charge in [0, 0.05) is 29.6 Å². The number of nitrogens with one attached hydrogen (secondary N) is 1. The summed E-state index contributed by atoms with van der Waals surface area (Å²) < 4.78 is 0. The van der Waals surface area contributed by atoms with Crippen molar-refractivity contribution < 1.29 is 0 Å². The van der Waals surface area contributed by atoms with Crippen molar-refractivity contribution in [3.8, 4) is 0 Å². The summed E-state index contributed by atoms with van der Waals surface area (Å²) in [4.78, 5) is 4.24. The average Bonchev–Trinajstić information content (AvgIpc) is 2.38. The number of hydrogen-bond acceptors (Lipinski definition) is 3. The molecule has 0 fully saturated rings. The molecule has 2 aromatic rings. The quantitative estimate of drug-likeness (QED) is 0.876. The zero-order valence-electron chi connectivity index (χ0n) is 10.3. The van der Waals surface area contributed by atoms with Crippen molar-refractivity contribution >= 4 is 22.5 Å². The number of aromatic nitrogens is 1. The van der Waals surface area contributed by atoms with Crippen molar-refractivity contribution in [1.82, 2.24) is 10.3 Å². The first-order chi connectivity index (χ1) is 8.36. The maximum Gasteiger partial charge on any atom is 0.0418 e. The van der Waals surface area contributed by atoms with E-state index in [9.17, 15) is 0 Å². The first kappa shape index (κ1) is 12.4. The van der Waals surface area contributed by atoms with Gasteiger partial charge in [0.1, 0.15) is 0 Å². The van der Waals surface area contributed by atoms with E-state index in [2.05, 4.69) is 47.7 Å². The van der Waals surface area contributed by atoms with Crippen LogP contribution in [0.15, 0.2) is 36.7 Å². The predicted molar refractivity (Wildman–Crippen MR) is 76.5 cm³/mol. The molecule has 0 aliphatic carbocycles. The molecular formula is C14H18N2S. The van der Waals surface area contributed by atoms with Gasteiger partial charge in [0.15, 0.2) is 0 Å². The van der Waals surface area contributed by atoms with Gasteiger partial charge in [0.2, 0.25) is 0 Å². The topological polar surface area (TPSA) is 24.9 Å². The molecule has 1 atom stereocenters. The minimum absolute atomic E-state index is 0.405. The molecule has 2 nitrogen and oxygen atoms in total. The number of hydrogen-bond donors (Lipinski definition) is 1. The Bertz CT molecular complexity index is 473. The number of nitrogens with zero attached hydrogens (tertiary/aromatic N) is 1. The molecule has 0 aliphatic rings. The zero-order chi connectivity index (χ0) is 12.1. The summed E-state index contributed by atoms with van der Waals surface area (Å²) >= 11 is 1.87. The predicted octanol–water partition coefficient (Wildman–Crippen LogP) is 3.25. The SMILES string of the molecule is CCNC(CSC)c1cccc2ccncc12. The van der Waals surface area contributed by atoms with Crippen LogP contribution in [0.3, 0.4) is 0 Å². The van der Waals surface area contributed by atoms with Gasteiger partial charge in [0.25, 0.3) is 0 Å². The Hall–Kier alpha value is -1.06. The number of pyridine rings is 1. The Balaban J connectivity index is 2.44. The molecule has 1 aromatic carbocycles. The Morgan fingerprint density at radius 2 is 2.24 bits per heavy atom. The Morgan fingerprint density at radius 3 is 3.00 bits per heavy atom. The standard InChI is InChI=1S/C14H18N2S/c1-3-16-14(10-17-2)12-6-4-5-11-7-8-15-9-13(11)12/h4-9,14,16H,3,10H2,1-2H3. The zero-order valence-corrected chi connectivity index (χ0v) is 11.1. The minimum atomic E-state index is 0.405. The molecule has 0 amide bonds. The molecule has 0 saturated heterocycles. The van der Waals surface area contributed by atoms with Crippen molar-refractivity contribution in [1.29, 1.82) is 0 Å². The van der Waals surface area contributed by atoms with Crippen molar-refractivity contribution in [3.63, 3.8) is 0 Å². The summed E-state index contributed by atoms with van der Waals surface area (Å²) in [5.74, 6) is 1.09. The molecule has 1 aromatic heterocycles. The van der Waals surface area contributed by atoms with Gasteiger partial charge in [-0.1, -0.05) is 25.1 Å². The van der Waals surface area contributed by atoms with Crippen LogP contribution in [0.4, 0.5) is 0 Å². The van der Waals surface area contributed by atoms with Crippen LogP contribution in [-0.2, 0) is 0 Å². The van der Waals surface area contributed by atoms with E-state index in [1.165, 1.54) is 16.3 Å². The molecule has 2 rings (SSSR count). The van der Waals surface area contributed by atoms with E-state index in [0.717, 1.165) is 12.3 Å². The van der Waals surface area contributed by atoms with Crippen LogP contribution in [0.1, 0.15) is 18.5 Å². The summed E-state index contributed by atoms with van der Waals surface area (Å²) in [5, 5.41) is 6.07. The Morgan fingerprint density at radius 1 is 1.35 bits per heavy atom. The Labute approximate surface area is 107 Å². The lowest BCUT2D eigenvalue weighted by Crippen LogP contribution is -2.23. The fourth-order valence-electron chi connectivity index (χ4n) is 2.11. The summed E-state index contributed by atoms with van der Waals surface area (Å²) in [5.41, 5.74) is 1.35. The van der Waals surface area contributed by atoms with Gasteiger partial charge >= 0.3 is 0 Å². The normalized spacial score (nSPS) is 12.8. The van der Waals surface area contributed by atoms with Crippen LogP contribution in [0.2, 0.25) is 0 Å². The van der Waals surface area contributed by atoms with Gasteiger partial charge in [-0.05, 0) is 29.8 Å². The van der Waals surface area contributed by atoms with E-state index in [0.29, 0.717) is 6.04 Å². The lowest BCUT2D eigenvalue weighted by atomic mass is 10.0. The molecule has 0 spiro atoms. The summed E-state index contributed by atoms with van der Waals surface area (Å²) in [6.07, 6.45) is 5.96. The number of thioether (sulfide) groups is 1. The first-order valence-electron chi connectivity index (χ1n) is 5.91. The first-order valence-corrected chi connectivity index (χ1v) is 7.31. The number of rotatable bonds is 5. The number of fused-ring (bicyclic) bond motifs is 1. The van der Waals surface area contributed by atoms with Crippen molar-refractivity contribution in [2.24, 2.45) is 0 Å². The van der Waals surface area contributed by atoms with Gasteiger partial charge < -0.3 is 5.32 Å². The lowest BCUT2D eigenvalue weighted by molar-refractivity contribution is 0.610. The molecule has 3 heteroatoms. The van der Waals surface area contributed by atoms with Crippen LogP contribution in [-0.4, -0.2) is 23.5 Å². The van der Waals surface area contributed by atoms with Crippen LogP contribution in [0.25, 0.3) is 10.8 Å². The molecule has 0 bridgehead atoms. The molecule has 0 radical (unpaired) electrons. The van der Waals surface area contributed by atoms with Gasteiger partial charge in [0.05, 0.1) is 0 Å². The lowest BCUT2D eigenvalue weighted by Gasteiger charge is -2.19. The van der Waals surface area contributed by atoms with E-state index >= 15 is 0 Å². The molecule has 1 unspecified atom stereocenters. The van der Waals surface area contributed by atoms with E-state index in [-0.39, 0.29) is 0 Å². The minimum Gasteiger partial charge on any atom is -0.309 e. The van der Waals surface area contributed by atoms with Crippen LogP contribution < -0.4 is 5.32 Å². The monoisotopic (exact) mass is 246 g/mol. The fraction of sp³-hybridized carbons (Fsp3) is 0.357. The fourth-order valence-corrected chi connectivity index (χ4v) is 2.74. The maximum absolute atomic E-state index is 4.24. The van der Waals surface area contributed by atoms with E-state index < -0.39 is 0 Å². The second kappa shape index (κ2) is 6.03. The third-order valence-corrected chi connectivity index (χ3v) is 3.54. The van der Waals surface area contributed by atoms with E-state index in [4.69, 9.17) is 0 Å². The smallest absolute Gasteiger partial charge is 0.0418 e. The molecule has 1 heterocycles. The van der Waals surface area contributed by atoms with Crippen molar-refractivity contribution in [3.05, 3.63) is 42.2 Å². The highest BCUT2D eigenvalue weighted by Crippen LogP contribution is 2.25. The van der Waals surface area contributed by atoms with E-state index in [1.807, 2.05) is 24.2 Å². The van der Waals surface area contributed by atoms with Crippen LogP contribution in [0, 0.1) is 0 Å². The van der Waals surface area contributed by atoms with Crippen molar-refractivity contribution in [2.75, 3.05) is 18.6 Å². The summed E-state index contributed by atoms with van der Waals surface area (Å²) in [6, 6.07) is 8.95. The molecule has 90 valence electrons. The van der Waals surface area contributed by atoms with E-state index in [1.54, 1.807) is 0 Å². The Kier molecular flexibility index (Phi) is 4.40. The van der Waals surface area contributed by atoms with Gasteiger partial charge in [-0.3, -0.25) is 4.98 Å². The highest BCUT2D eigenvalue weighted by Gasteiger charge is 2.12. The maximum atomic E-state index is 4.24. The molecular weight excluding hydrogens is 228 g/mol. The second-order valence-corrected chi connectivity index (χ2v) is 4.92. The van der Waals surface area contributed by atoms with Gasteiger partial charge in [-0.2, -0.15) is 11.8 Å². The highest BCUT2D eigenvalue weighted by molar-refractivity contribution is 7.98. The number of benzene rings is 1. The molecule has 0 aliphatic heterocycles. The summed E-state index contributed by atoms with van der Waals surface area (Å²) in [7, 11) is 0. The largest absolute Gasteiger partial charge is 0.309 e. The third kappa shape index (κ3) is 2.79. The van der Waals surface area contributed by atoms with Gasteiger partial charge in [-0.25, -0.2) is 0 Å². The third-order valence-electron chi connectivity index (χ3n) is 2.88. The van der Waals surface area contributed by atoms with Gasteiger partial charge in [-0.15, -0.1) is 0 Å². The molecule has 0 saturated carbocycles. The van der Waals surface area contributed by atoms with Crippen LogP contribution >= 0.6 is 11.8 Å². The summed E-state index contributed by atoms with van der Waals surface area (Å²) in [6.45, 7) is 3.14. The molecule has 1 N–H and O–H groups in total. The average molecular weight is 246 g/mol. The highest BCUT2D eigenvalue weighted by atomic mass is 32.2. The van der Waals surface area contributed by atoms with Crippen molar-refractivity contribution in [2.45, 2.75) is 13.0 Å². The second-order valence-electron chi connectivity index (χ2n) is 4.01. The van der Waals surface area contributed by atoms with Crippen LogP contribution in [0.5, 0.6) is 0 Å². The molecule has 17 heavy (non-hydrogen) atoms.